The molecule has 2 rings (SSSR count). The molecule has 0 unspecified atom stereocenters. The lowest BCUT2D eigenvalue weighted by Gasteiger charge is -2.13. The summed E-state index contributed by atoms with van der Waals surface area (Å²) in [5, 5.41) is 8.90. The summed E-state index contributed by atoms with van der Waals surface area (Å²) in [6.45, 7) is 1.11. The first kappa shape index (κ1) is 18.7. The molecule has 0 spiro atoms. The van der Waals surface area contributed by atoms with Gasteiger partial charge in [-0.15, -0.1) is 0 Å². The average Bonchev–Trinajstić information content (AvgIpc) is 2.48. The first-order valence-electron chi connectivity index (χ1n) is 6.65. The second-order valence-electron chi connectivity index (χ2n) is 5.07. The number of carbonyl (C=O) groups is 1. The molecular formula is C15H11F4NO4S. The van der Waals surface area contributed by atoms with Crippen molar-refractivity contribution in [2.45, 2.75) is 18.0 Å². The average molecular weight is 377 g/mol. The fourth-order valence-electron chi connectivity index (χ4n) is 2.03. The van der Waals surface area contributed by atoms with Crippen molar-refractivity contribution >= 4 is 21.7 Å². The minimum atomic E-state index is -4.67. The van der Waals surface area contributed by atoms with Gasteiger partial charge in [-0.05, 0) is 37.3 Å². The zero-order valence-corrected chi connectivity index (χ0v) is 13.4. The minimum Gasteiger partial charge on any atom is -0.478 e. The van der Waals surface area contributed by atoms with Gasteiger partial charge in [-0.2, -0.15) is 13.2 Å². The molecule has 0 amide bonds. The lowest BCUT2D eigenvalue weighted by molar-refractivity contribution is -0.137. The number of nitrogens with one attached hydrogen (secondary N) is 1. The summed E-state index contributed by atoms with van der Waals surface area (Å²) < 4.78 is 78.5. The molecule has 10 heteroatoms. The zero-order valence-electron chi connectivity index (χ0n) is 12.6. The fraction of sp³-hybridized carbons (Fsp3) is 0.133. The Morgan fingerprint density at radius 2 is 1.80 bits per heavy atom. The van der Waals surface area contributed by atoms with Gasteiger partial charge < -0.3 is 5.11 Å². The van der Waals surface area contributed by atoms with Crippen molar-refractivity contribution in [3.8, 4) is 0 Å². The number of sulfonamides is 1. The van der Waals surface area contributed by atoms with Crippen LogP contribution in [0.2, 0.25) is 0 Å². The van der Waals surface area contributed by atoms with E-state index >= 15 is 0 Å². The summed E-state index contributed by atoms with van der Waals surface area (Å²) in [5.41, 5.74) is -2.43. The van der Waals surface area contributed by atoms with E-state index in [4.69, 9.17) is 5.11 Å². The van der Waals surface area contributed by atoms with Gasteiger partial charge in [0.15, 0.2) is 0 Å². The van der Waals surface area contributed by atoms with Crippen LogP contribution in [0.4, 0.5) is 23.2 Å². The Hall–Kier alpha value is -2.62. The smallest absolute Gasteiger partial charge is 0.416 e. The molecule has 0 atom stereocenters. The van der Waals surface area contributed by atoms with Gasteiger partial charge >= 0.3 is 12.1 Å². The monoisotopic (exact) mass is 377 g/mol. The van der Waals surface area contributed by atoms with E-state index in [-0.39, 0.29) is 5.56 Å². The van der Waals surface area contributed by atoms with Crippen LogP contribution in [0, 0.1) is 12.7 Å². The number of halogens is 4. The van der Waals surface area contributed by atoms with Crippen molar-refractivity contribution in [1.29, 1.82) is 0 Å². The van der Waals surface area contributed by atoms with E-state index in [1.165, 1.54) is 0 Å². The lowest BCUT2D eigenvalue weighted by atomic mass is 10.1. The molecule has 0 aliphatic carbocycles. The molecule has 0 aliphatic heterocycles. The van der Waals surface area contributed by atoms with Crippen LogP contribution in [0.1, 0.15) is 21.5 Å². The Bertz CT molecular complexity index is 939. The van der Waals surface area contributed by atoms with E-state index in [9.17, 15) is 30.8 Å². The Labute approximate surface area is 140 Å². The zero-order chi connectivity index (χ0) is 19.0. The van der Waals surface area contributed by atoms with E-state index in [2.05, 4.69) is 0 Å². The molecular weight excluding hydrogens is 366 g/mol. The molecule has 2 aromatic rings. The summed E-state index contributed by atoms with van der Waals surface area (Å²) in [7, 11) is -4.51. The lowest BCUT2D eigenvalue weighted by Crippen LogP contribution is -2.17. The SMILES string of the molecule is Cc1c(F)cc(C(=O)O)cc1S(=O)(=O)Nc1cccc(C(F)(F)F)c1. The van der Waals surface area contributed by atoms with Crippen LogP contribution in [-0.4, -0.2) is 19.5 Å². The number of rotatable bonds is 4. The third-order valence-corrected chi connectivity index (χ3v) is 4.78. The molecule has 0 aliphatic rings. The highest BCUT2D eigenvalue weighted by molar-refractivity contribution is 7.92. The van der Waals surface area contributed by atoms with Crippen molar-refractivity contribution in [1.82, 2.24) is 0 Å². The number of aromatic carboxylic acids is 1. The summed E-state index contributed by atoms with van der Waals surface area (Å²) >= 11 is 0. The Balaban J connectivity index is 2.49. The second kappa shape index (κ2) is 6.36. The summed E-state index contributed by atoms with van der Waals surface area (Å²) in [6.07, 6.45) is -4.67. The molecule has 0 bridgehead atoms. The minimum absolute atomic E-state index is 0.357. The number of carboxylic acids is 1. The highest BCUT2D eigenvalue weighted by Gasteiger charge is 2.31. The van der Waals surface area contributed by atoms with Crippen LogP contribution < -0.4 is 4.72 Å². The van der Waals surface area contributed by atoms with Crippen molar-refractivity contribution in [3.05, 3.63) is 58.9 Å². The van der Waals surface area contributed by atoms with Crippen LogP contribution in [0.25, 0.3) is 0 Å². The highest BCUT2D eigenvalue weighted by Crippen LogP contribution is 2.31. The predicted molar refractivity (Wildman–Crippen MR) is 80.3 cm³/mol. The highest BCUT2D eigenvalue weighted by atomic mass is 32.2. The van der Waals surface area contributed by atoms with Crippen LogP contribution in [-0.2, 0) is 16.2 Å². The van der Waals surface area contributed by atoms with Crippen molar-refractivity contribution < 1.29 is 35.9 Å². The quantitative estimate of drug-likeness (QED) is 0.797. The number of hydrogen-bond acceptors (Lipinski definition) is 3. The molecule has 0 radical (unpaired) electrons. The Morgan fingerprint density at radius 3 is 2.36 bits per heavy atom. The van der Waals surface area contributed by atoms with Gasteiger partial charge in [0.25, 0.3) is 10.0 Å². The summed E-state index contributed by atoms with van der Waals surface area (Å²) in [6, 6.07) is 4.80. The molecule has 0 heterocycles. The molecule has 25 heavy (non-hydrogen) atoms. The van der Waals surface area contributed by atoms with Gasteiger partial charge in [0.05, 0.1) is 16.0 Å². The molecule has 2 aromatic carbocycles. The van der Waals surface area contributed by atoms with E-state index in [1.54, 1.807) is 0 Å². The topological polar surface area (TPSA) is 83.5 Å². The normalized spacial score (nSPS) is 12.0. The second-order valence-corrected chi connectivity index (χ2v) is 6.72. The first-order valence-corrected chi connectivity index (χ1v) is 8.13. The summed E-state index contributed by atoms with van der Waals surface area (Å²) in [4.78, 5) is 10.3. The number of anilines is 1. The van der Waals surface area contributed by atoms with Gasteiger partial charge in [0.1, 0.15) is 5.82 Å². The fourth-order valence-corrected chi connectivity index (χ4v) is 3.36. The Kier molecular flexibility index (Phi) is 4.76. The first-order chi connectivity index (χ1) is 11.4. The van der Waals surface area contributed by atoms with E-state index in [1.807, 2.05) is 4.72 Å². The van der Waals surface area contributed by atoms with Crippen LogP contribution in [0.5, 0.6) is 0 Å². The van der Waals surface area contributed by atoms with E-state index in [0.717, 1.165) is 31.2 Å². The molecule has 5 nitrogen and oxygen atoms in total. The van der Waals surface area contributed by atoms with Crippen molar-refractivity contribution in [2.24, 2.45) is 0 Å². The van der Waals surface area contributed by atoms with Gasteiger partial charge in [0.2, 0.25) is 0 Å². The maximum Gasteiger partial charge on any atom is 0.416 e. The largest absolute Gasteiger partial charge is 0.478 e. The van der Waals surface area contributed by atoms with E-state index in [0.29, 0.717) is 12.1 Å². The summed E-state index contributed by atoms with van der Waals surface area (Å²) in [5.74, 6) is -2.61. The maximum absolute atomic E-state index is 13.8. The van der Waals surface area contributed by atoms with Crippen LogP contribution >= 0.6 is 0 Å². The van der Waals surface area contributed by atoms with E-state index < -0.39 is 49.7 Å². The molecule has 0 aromatic heterocycles. The molecule has 0 saturated carbocycles. The predicted octanol–water partition coefficient (Wildman–Crippen LogP) is 3.65. The standard InChI is InChI=1S/C15H11F4NO4S/c1-8-12(16)5-9(14(21)22)6-13(8)25(23,24)20-11-4-2-3-10(7-11)15(17,18)19/h2-7,20H,1H3,(H,21,22). The van der Waals surface area contributed by atoms with Gasteiger partial charge in [-0.25, -0.2) is 17.6 Å². The number of alkyl halides is 3. The van der Waals surface area contributed by atoms with Gasteiger partial charge in [-0.3, -0.25) is 4.72 Å². The Morgan fingerprint density at radius 1 is 1.16 bits per heavy atom. The van der Waals surface area contributed by atoms with Crippen LogP contribution in [0.3, 0.4) is 0 Å². The number of hydrogen-bond donors (Lipinski definition) is 2. The maximum atomic E-state index is 13.8. The van der Waals surface area contributed by atoms with Gasteiger partial charge in [0, 0.05) is 11.3 Å². The number of benzene rings is 2. The molecule has 0 fully saturated rings. The van der Waals surface area contributed by atoms with Crippen molar-refractivity contribution in [2.75, 3.05) is 4.72 Å². The van der Waals surface area contributed by atoms with Crippen LogP contribution in [0.15, 0.2) is 41.3 Å². The third-order valence-electron chi connectivity index (χ3n) is 3.28. The van der Waals surface area contributed by atoms with Crippen molar-refractivity contribution in [3.63, 3.8) is 0 Å². The van der Waals surface area contributed by atoms with Gasteiger partial charge in [-0.1, -0.05) is 6.07 Å². The molecule has 0 saturated heterocycles. The molecule has 2 N–H and O–H groups in total. The molecule has 134 valence electrons. The number of carboxylic acid groups (broad SMARTS) is 1. The third kappa shape index (κ3) is 4.08.